The van der Waals surface area contributed by atoms with E-state index in [1.807, 2.05) is 24.5 Å². The van der Waals surface area contributed by atoms with Crippen LogP contribution >= 0.6 is 0 Å². The lowest BCUT2D eigenvalue weighted by Gasteiger charge is -2.09. The second-order valence-electron chi connectivity index (χ2n) is 10.5. The number of pyridine rings is 2. The van der Waals surface area contributed by atoms with Crippen molar-refractivity contribution >= 4 is 0 Å². The van der Waals surface area contributed by atoms with Gasteiger partial charge in [-0.1, -0.05) is 101 Å². The molecule has 4 rings (SSSR count). The molecule has 210 valence electrons. The van der Waals surface area contributed by atoms with Gasteiger partial charge in [0.05, 0.1) is 24.6 Å². The van der Waals surface area contributed by atoms with Crippen LogP contribution in [0.25, 0.3) is 33.6 Å². The van der Waals surface area contributed by atoms with E-state index in [-0.39, 0.29) is 0 Å². The molecule has 40 heavy (non-hydrogen) atoms. The zero-order chi connectivity index (χ0) is 27.8. The van der Waals surface area contributed by atoms with E-state index < -0.39 is 0 Å². The van der Waals surface area contributed by atoms with Gasteiger partial charge in [-0.15, -0.1) is 0 Å². The molecular formula is C36H44N2O2. The normalized spacial score (nSPS) is 11.2. The first-order valence-corrected chi connectivity index (χ1v) is 15.0. The van der Waals surface area contributed by atoms with Crippen molar-refractivity contribution in [2.45, 2.75) is 78.4 Å². The molecule has 0 spiro atoms. The van der Waals surface area contributed by atoms with Crippen molar-refractivity contribution in [3.05, 3.63) is 96.3 Å². The molecule has 2 aromatic heterocycles. The van der Waals surface area contributed by atoms with E-state index in [0.717, 1.165) is 59.7 Å². The monoisotopic (exact) mass is 536 g/mol. The number of nitrogens with zero attached hydrogens (tertiary/aromatic N) is 2. The zero-order valence-corrected chi connectivity index (χ0v) is 24.3. The minimum atomic E-state index is 0.650. The molecule has 0 radical (unpaired) electrons. The van der Waals surface area contributed by atoms with Gasteiger partial charge in [-0.3, -0.25) is 9.97 Å². The Kier molecular flexibility index (Phi) is 12.4. The molecule has 2 heterocycles. The van der Waals surface area contributed by atoms with Gasteiger partial charge in [0.25, 0.3) is 0 Å². The van der Waals surface area contributed by atoms with Crippen molar-refractivity contribution in [1.29, 1.82) is 0 Å². The number of aromatic nitrogens is 2. The van der Waals surface area contributed by atoms with Gasteiger partial charge in [0.1, 0.15) is 0 Å². The summed E-state index contributed by atoms with van der Waals surface area (Å²) in [5, 5.41) is 0. The van der Waals surface area contributed by atoms with Crippen LogP contribution in [-0.2, 0) is 22.7 Å². The molecule has 0 amide bonds. The Morgan fingerprint density at radius 3 is 1.38 bits per heavy atom. The predicted molar refractivity (Wildman–Crippen MR) is 166 cm³/mol. The minimum Gasteiger partial charge on any atom is -0.377 e. The van der Waals surface area contributed by atoms with Crippen LogP contribution < -0.4 is 0 Å². The summed E-state index contributed by atoms with van der Waals surface area (Å²) in [5.74, 6) is 0. The Bertz CT molecular complexity index is 1170. The number of ether oxygens (including phenoxy) is 2. The van der Waals surface area contributed by atoms with Crippen LogP contribution in [0.4, 0.5) is 0 Å². The number of hydrogen-bond donors (Lipinski definition) is 0. The van der Waals surface area contributed by atoms with Crippen molar-refractivity contribution in [3.8, 4) is 33.6 Å². The summed E-state index contributed by atoms with van der Waals surface area (Å²) in [5.41, 5.74) is 8.61. The van der Waals surface area contributed by atoms with Crippen molar-refractivity contribution in [2.24, 2.45) is 0 Å². The van der Waals surface area contributed by atoms with Gasteiger partial charge in [-0.2, -0.15) is 0 Å². The largest absolute Gasteiger partial charge is 0.377 e. The summed E-state index contributed by atoms with van der Waals surface area (Å²) in [7, 11) is 0. The predicted octanol–water partition coefficient (Wildman–Crippen LogP) is 9.67. The number of rotatable bonds is 17. The van der Waals surface area contributed by atoms with E-state index in [1.54, 1.807) is 0 Å². The quantitative estimate of drug-likeness (QED) is 0.126. The fourth-order valence-electron chi connectivity index (χ4n) is 4.76. The first kappa shape index (κ1) is 29.6. The van der Waals surface area contributed by atoms with Crippen molar-refractivity contribution in [2.75, 3.05) is 13.2 Å². The molecule has 0 fully saturated rings. The second kappa shape index (κ2) is 16.7. The Labute approximate surface area is 240 Å². The number of unbranched alkanes of at least 4 members (excludes halogenated alkanes) is 6. The molecule has 0 aliphatic carbocycles. The Morgan fingerprint density at radius 1 is 0.500 bits per heavy atom. The van der Waals surface area contributed by atoms with Gasteiger partial charge in [0, 0.05) is 36.7 Å². The molecule has 4 heteroatoms. The molecule has 4 aromatic rings. The topological polar surface area (TPSA) is 44.2 Å². The summed E-state index contributed by atoms with van der Waals surface area (Å²) >= 11 is 0. The summed E-state index contributed by atoms with van der Waals surface area (Å²) in [6.07, 6.45) is 13.7. The van der Waals surface area contributed by atoms with Gasteiger partial charge in [-0.25, -0.2) is 0 Å². The maximum Gasteiger partial charge on any atom is 0.0886 e. The van der Waals surface area contributed by atoms with Crippen LogP contribution in [0, 0.1) is 0 Å². The third-order valence-corrected chi connectivity index (χ3v) is 7.13. The zero-order valence-electron chi connectivity index (χ0n) is 24.3. The lowest BCUT2D eigenvalue weighted by molar-refractivity contribution is 0.117. The Balaban J connectivity index is 1.32. The second-order valence-corrected chi connectivity index (χ2v) is 10.5. The highest BCUT2D eigenvalue weighted by atomic mass is 16.5. The third kappa shape index (κ3) is 9.39. The number of benzene rings is 2. The smallest absolute Gasteiger partial charge is 0.0886 e. The Hall–Kier alpha value is -3.34. The van der Waals surface area contributed by atoms with E-state index in [1.165, 1.54) is 49.7 Å². The lowest BCUT2D eigenvalue weighted by atomic mass is 10.0. The van der Waals surface area contributed by atoms with Crippen LogP contribution in [0.1, 0.15) is 76.3 Å². The highest BCUT2D eigenvalue weighted by molar-refractivity contribution is 5.68. The summed E-state index contributed by atoms with van der Waals surface area (Å²) < 4.78 is 11.8. The maximum absolute atomic E-state index is 5.89. The summed E-state index contributed by atoms with van der Waals surface area (Å²) in [6.45, 7) is 7.41. The molecule has 4 nitrogen and oxygen atoms in total. The average Bonchev–Trinajstić information content (AvgIpc) is 3.01. The van der Waals surface area contributed by atoms with Crippen molar-refractivity contribution in [1.82, 2.24) is 9.97 Å². The third-order valence-electron chi connectivity index (χ3n) is 7.13. The van der Waals surface area contributed by atoms with Crippen molar-refractivity contribution in [3.63, 3.8) is 0 Å². The Morgan fingerprint density at radius 2 is 0.975 bits per heavy atom. The minimum absolute atomic E-state index is 0.650. The fourth-order valence-corrected chi connectivity index (χ4v) is 4.76. The first-order valence-electron chi connectivity index (χ1n) is 15.0. The van der Waals surface area contributed by atoms with Crippen LogP contribution in [0.5, 0.6) is 0 Å². The molecule has 0 N–H and O–H groups in total. The molecule has 0 atom stereocenters. The standard InChI is InChI=1S/C36H44N2O2/c1-3-5-7-9-21-39-27-29-13-11-15-31(23-29)33-17-19-35(37-25-33)36-20-18-34(26-38-36)32-16-12-14-30(24-32)28-40-22-10-8-6-4-2/h11-20,23-26H,3-10,21-22,27-28H2,1-2H3. The van der Waals surface area contributed by atoms with Crippen LogP contribution in [-0.4, -0.2) is 23.2 Å². The van der Waals surface area contributed by atoms with E-state index in [2.05, 4.69) is 74.5 Å². The molecule has 0 aliphatic heterocycles. The SMILES string of the molecule is CCCCCCOCc1cccc(-c2ccc(-c3ccc(-c4cccc(COCCCCCC)c4)cn3)nc2)c1. The van der Waals surface area contributed by atoms with E-state index in [0.29, 0.717) is 13.2 Å². The van der Waals surface area contributed by atoms with Crippen LogP contribution in [0.2, 0.25) is 0 Å². The molecule has 0 aliphatic rings. The van der Waals surface area contributed by atoms with Crippen LogP contribution in [0.3, 0.4) is 0 Å². The highest BCUT2D eigenvalue weighted by Gasteiger charge is 2.06. The maximum atomic E-state index is 5.89. The molecule has 0 unspecified atom stereocenters. The lowest BCUT2D eigenvalue weighted by Crippen LogP contribution is -1.96. The molecule has 2 aromatic carbocycles. The van der Waals surface area contributed by atoms with Gasteiger partial charge in [-0.05, 0) is 59.4 Å². The molecule has 0 saturated carbocycles. The molecular weight excluding hydrogens is 492 g/mol. The average molecular weight is 537 g/mol. The van der Waals surface area contributed by atoms with Gasteiger partial charge >= 0.3 is 0 Å². The van der Waals surface area contributed by atoms with Gasteiger partial charge in [0.2, 0.25) is 0 Å². The fraction of sp³-hybridized carbons (Fsp3) is 0.389. The van der Waals surface area contributed by atoms with Gasteiger partial charge in [0.15, 0.2) is 0 Å². The first-order chi connectivity index (χ1) is 19.8. The summed E-state index contributed by atoms with van der Waals surface area (Å²) in [4.78, 5) is 9.45. The van der Waals surface area contributed by atoms with Gasteiger partial charge < -0.3 is 9.47 Å². The van der Waals surface area contributed by atoms with E-state index in [9.17, 15) is 0 Å². The summed E-state index contributed by atoms with van der Waals surface area (Å²) in [6, 6.07) is 25.4. The van der Waals surface area contributed by atoms with E-state index in [4.69, 9.17) is 19.4 Å². The number of hydrogen-bond acceptors (Lipinski definition) is 4. The van der Waals surface area contributed by atoms with Crippen LogP contribution in [0.15, 0.2) is 85.2 Å². The van der Waals surface area contributed by atoms with Crippen molar-refractivity contribution < 1.29 is 9.47 Å². The molecule has 0 saturated heterocycles. The van der Waals surface area contributed by atoms with E-state index >= 15 is 0 Å². The highest BCUT2D eigenvalue weighted by Crippen LogP contribution is 2.25. The molecule has 0 bridgehead atoms.